The van der Waals surface area contributed by atoms with E-state index < -0.39 is 0 Å². The highest BCUT2D eigenvalue weighted by Crippen LogP contribution is 2.28. The Kier molecular flexibility index (Phi) is 3.66. The van der Waals surface area contributed by atoms with Crippen molar-refractivity contribution in [3.05, 3.63) is 45.5 Å². The maximum absolute atomic E-state index is 12.5. The molecule has 0 spiro atoms. The van der Waals surface area contributed by atoms with Crippen LogP contribution in [-0.2, 0) is 13.0 Å². The lowest BCUT2D eigenvalue weighted by Crippen LogP contribution is -2.25. The summed E-state index contributed by atoms with van der Waals surface area (Å²) >= 11 is 1.47. The van der Waals surface area contributed by atoms with Crippen LogP contribution >= 0.6 is 11.3 Å². The number of anilines is 1. The van der Waals surface area contributed by atoms with E-state index in [0.717, 1.165) is 30.1 Å². The Morgan fingerprint density at radius 2 is 1.96 bits per heavy atom. The van der Waals surface area contributed by atoms with E-state index >= 15 is 0 Å². The standard InChI is InChI=1S/C17H16N4O3S/c1-20-6-5-12-13(8-20)25-17(18-12)19-14(22)9-3-4-10-11(7-9)16(24)21(2)15(10)23/h3-4,7H,5-6,8H2,1-2H3,(H,18,19,22). The molecule has 0 saturated heterocycles. The van der Waals surface area contributed by atoms with Crippen LogP contribution in [-0.4, -0.2) is 53.1 Å². The van der Waals surface area contributed by atoms with Crippen LogP contribution in [0.15, 0.2) is 18.2 Å². The number of fused-ring (bicyclic) bond motifs is 2. The highest BCUT2D eigenvalue weighted by Gasteiger charge is 2.33. The number of carbonyl (C=O) groups excluding carboxylic acids is 3. The van der Waals surface area contributed by atoms with Gasteiger partial charge in [-0.2, -0.15) is 0 Å². The second-order valence-corrected chi connectivity index (χ2v) is 7.34. The number of thiazole rings is 1. The topological polar surface area (TPSA) is 82.6 Å². The van der Waals surface area contributed by atoms with E-state index in [9.17, 15) is 14.4 Å². The van der Waals surface area contributed by atoms with E-state index in [0.29, 0.717) is 16.3 Å². The van der Waals surface area contributed by atoms with Crippen LogP contribution in [0.3, 0.4) is 0 Å². The van der Waals surface area contributed by atoms with Crippen LogP contribution in [0.1, 0.15) is 41.6 Å². The molecule has 128 valence electrons. The molecule has 3 amide bonds. The van der Waals surface area contributed by atoms with Gasteiger partial charge in [0.15, 0.2) is 5.13 Å². The van der Waals surface area contributed by atoms with Gasteiger partial charge in [-0.05, 0) is 25.2 Å². The summed E-state index contributed by atoms with van der Waals surface area (Å²) in [4.78, 5) is 45.4. The first-order chi connectivity index (χ1) is 11.9. The van der Waals surface area contributed by atoms with Crippen LogP contribution in [0.2, 0.25) is 0 Å². The third-order valence-electron chi connectivity index (χ3n) is 4.49. The Balaban J connectivity index is 1.57. The molecule has 0 saturated carbocycles. The summed E-state index contributed by atoms with van der Waals surface area (Å²) in [7, 11) is 3.49. The average molecular weight is 356 g/mol. The number of hydrogen-bond acceptors (Lipinski definition) is 6. The minimum Gasteiger partial charge on any atom is -0.301 e. The molecule has 0 bridgehead atoms. The fourth-order valence-corrected chi connectivity index (χ4v) is 4.13. The molecule has 0 fully saturated rings. The molecule has 25 heavy (non-hydrogen) atoms. The van der Waals surface area contributed by atoms with Gasteiger partial charge in [0, 0.05) is 37.0 Å². The van der Waals surface area contributed by atoms with Gasteiger partial charge in [0.1, 0.15) is 0 Å². The molecule has 1 aromatic heterocycles. The molecule has 0 atom stereocenters. The van der Waals surface area contributed by atoms with E-state index in [1.807, 2.05) is 0 Å². The number of carbonyl (C=O) groups is 3. The van der Waals surface area contributed by atoms with E-state index in [-0.39, 0.29) is 23.3 Å². The zero-order valence-electron chi connectivity index (χ0n) is 13.8. The first kappa shape index (κ1) is 15.9. The van der Waals surface area contributed by atoms with Crippen molar-refractivity contribution in [2.24, 2.45) is 0 Å². The van der Waals surface area contributed by atoms with Gasteiger partial charge in [0.05, 0.1) is 16.8 Å². The summed E-state index contributed by atoms with van der Waals surface area (Å²) in [5, 5.41) is 3.36. The molecule has 0 radical (unpaired) electrons. The quantitative estimate of drug-likeness (QED) is 0.827. The molecule has 2 aliphatic rings. The molecule has 1 aromatic carbocycles. The van der Waals surface area contributed by atoms with Crippen LogP contribution < -0.4 is 5.32 Å². The number of imide groups is 1. The number of likely N-dealkylation sites (N-methyl/N-ethyl adjacent to an activating group) is 1. The third kappa shape index (κ3) is 2.63. The summed E-state index contributed by atoms with van der Waals surface area (Å²) in [6.45, 7) is 1.79. The number of rotatable bonds is 2. The van der Waals surface area contributed by atoms with Crippen molar-refractivity contribution in [3.8, 4) is 0 Å². The molecule has 7 nitrogen and oxygen atoms in total. The predicted molar refractivity (Wildman–Crippen MR) is 93.0 cm³/mol. The van der Waals surface area contributed by atoms with Crippen molar-refractivity contribution in [3.63, 3.8) is 0 Å². The van der Waals surface area contributed by atoms with E-state index in [2.05, 4.69) is 22.2 Å². The number of amides is 3. The number of hydrogen-bond donors (Lipinski definition) is 1. The van der Waals surface area contributed by atoms with Gasteiger partial charge in [-0.25, -0.2) is 4.98 Å². The highest BCUT2D eigenvalue weighted by molar-refractivity contribution is 7.15. The van der Waals surface area contributed by atoms with Gasteiger partial charge in [-0.3, -0.25) is 24.6 Å². The molecule has 4 rings (SSSR count). The molecule has 3 heterocycles. The highest BCUT2D eigenvalue weighted by atomic mass is 32.1. The van der Waals surface area contributed by atoms with Gasteiger partial charge in [-0.1, -0.05) is 0 Å². The van der Waals surface area contributed by atoms with E-state index in [4.69, 9.17) is 0 Å². The van der Waals surface area contributed by atoms with Crippen LogP contribution in [0.25, 0.3) is 0 Å². The summed E-state index contributed by atoms with van der Waals surface area (Å²) < 4.78 is 0. The van der Waals surface area contributed by atoms with Gasteiger partial charge in [0.25, 0.3) is 17.7 Å². The van der Waals surface area contributed by atoms with Crippen molar-refractivity contribution in [2.45, 2.75) is 13.0 Å². The lowest BCUT2D eigenvalue weighted by Gasteiger charge is -2.20. The van der Waals surface area contributed by atoms with E-state index in [1.54, 1.807) is 6.07 Å². The zero-order valence-corrected chi connectivity index (χ0v) is 14.6. The molecule has 0 unspecified atom stereocenters. The zero-order chi connectivity index (χ0) is 17.7. The molecular formula is C17H16N4O3S. The Hall–Kier alpha value is -2.58. The Morgan fingerprint density at radius 3 is 2.76 bits per heavy atom. The van der Waals surface area contributed by atoms with Gasteiger partial charge in [-0.15, -0.1) is 11.3 Å². The minimum absolute atomic E-state index is 0.264. The number of nitrogens with one attached hydrogen (secondary N) is 1. The number of nitrogens with zero attached hydrogens (tertiary/aromatic N) is 3. The first-order valence-electron chi connectivity index (χ1n) is 7.89. The Labute approximate surface area is 148 Å². The summed E-state index contributed by atoms with van der Waals surface area (Å²) in [6.07, 6.45) is 0.875. The SMILES string of the molecule is CN1CCc2nc(NC(=O)c3ccc4c(c3)C(=O)N(C)C4=O)sc2C1. The monoisotopic (exact) mass is 356 g/mol. The summed E-state index contributed by atoms with van der Waals surface area (Å²) in [5.41, 5.74) is 1.97. The summed E-state index contributed by atoms with van der Waals surface area (Å²) in [6, 6.07) is 4.55. The maximum Gasteiger partial charge on any atom is 0.261 e. The first-order valence-corrected chi connectivity index (χ1v) is 8.70. The summed E-state index contributed by atoms with van der Waals surface area (Å²) in [5.74, 6) is -1.07. The lowest BCUT2D eigenvalue weighted by molar-refractivity contribution is 0.0693. The van der Waals surface area contributed by atoms with Gasteiger partial charge >= 0.3 is 0 Å². The predicted octanol–water partition coefficient (Wildman–Crippen LogP) is 1.61. The fraction of sp³-hybridized carbons (Fsp3) is 0.294. The number of aromatic nitrogens is 1. The smallest absolute Gasteiger partial charge is 0.261 e. The molecule has 1 N–H and O–H groups in total. The van der Waals surface area contributed by atoms with Crippen molar-refractivity contribution in [1.82, 2.24) is 14.8 Å². The van der Waals surface area contributed by atoms with E-state index in [1.165, 1.54) is 35.4 Å². The van der Waals surface area contributed by atoms with Crippen molar-refractivity contribution < 1.29 is 14.4 Å². The normalized spacial score (nSPS) is 16.8. The second-order valence-electron chi connectivity index (χ2n) is 6.26. The van der Waals surface area contributed by atoms with Gasteiger partial charge < -0.3 is 4.90 Å². The maximum atomic E-state index is 12.5. The Bertz CT molecular complexity index is 921. The van der Waals surface area contributed by atoms with Crippen LogP contribution in [0.4, 0.5) is 5.13 Å². The van der Waals surface area contributed by atoms with Crippen LogP contribution in [0, 0.1) is 0 Å². The van der Waals surface area contributed by atoms with Crippen molar-refractivity contribution in [2.75, 3.05) is 26.0 Å². The number of benzene rings is 1. The third-order valence-corrected chi connectivity index (χ3v) is 5.49. The molecule has 0 aliphatic carbocycles. The van der Waals surface area contributed by atoms with Gasteiger partial charge in [0.2, 0.25) is 0 Å². The lowest BCUT2D eigenvalue weighted by atomic mass is 10.1. The molecule has 2 aromatic rings. The van der Waals surface area contributed by atoms with Crippen molar-refractivity contribution >= 4 is 34.2 Å². The Morgan fingerprint density at radius 1 is 1.20 bits per heavy atom. The largest absolute Gasteiger partial charge is 0.301 e. The molecular weight excluding hydrogens is 340 g/mol. The molecule has 2 aliphatic heterocycles. The van der Waals surface area contributed by atoms with Crippen molar-refractivity contribution in [1.29, 1.82) is 0 Å². The minimum atomic E-state index is -0.387. The fourth-order valence-electron chi connectivity index (χ4n) is 3.05. The van der Waals surface area contributed by atoms with Crippen LogP contribution in [0.5, 0.6) is 0 Å². The average Bonchev–Trinajstić information content (AvgIpc) is 3.08. The molecule has 8 heteroatoms. The second kappa shape index (κ2) is 5.75.